The fraction of sp³-hybridized carbons (Fsp3) is 0.517. The van der Waals surface area contributed by atoms with Crippen molar-refractivity contribution in [2.75, 3.05) is 13.7 Å². The molecule has 0 spiro atoms. The first kappa shape index (κ1) is 29.6. The number of hydrogen-bond donors (Lipinski definition) is 2. The van der Waals surface area contributed by atoms with Gasteiger partial charge in [0.1, 0.15) is 29.0 Å². The zero-order valence-electron chi connectivity index (χ0n) is 24.1. The average Bonchev–Trinajstić information content (AvgIpc) is 3.84. The van der Waals surface area contributed by atoms with E-state index in [2.05, 4.69) is 21.6 Å². The average molecular weight is 601 g/mol. The molecule has 5 rings (SSSR count). The first-order valence-electron chi connectivity index (χ1n) is 13.9. The summed E-state index contributed by atoms with van der Waals surface area (Å²) in [5, 5.41) is 3.63. The van der Waals surface area contributed by atoms with Gasteiger partial charge in [0.15, 0.2) is 0 Å². The van der Waals surface area contributed by atoms with Gasteiger partial charge in [-0.15, -0.1) is 6.58 Å². The number of nitrogens with one attached hydrogen (secondary N) is 2. The van der Waals surface area contributed by atoms with Crippen LogP contribution in [-0.4, -0.2) is 78.4 Å². The first-order valence-corrected chi connectivity index (χ1v) is 15.4. The highest BCUT2D eigenvalue weighted by Crippen LogP contribution is 2.45. The number of aromatic nitrogens is 1. The molecule has 2 heterocycles. The number of carbonyl (C=O) groups excluding carboxylic acids is 3. The Morgan fingerprint density at radius 1 is 1.17 bits per heavy atom. The molecule has 1 aromatic heterocycles. The van der Waals surface area contributed by atoms with E-state index in [1.807, 2.05) is 18.2 Å². The van der Waals surface area contributed by atoms with Crippen molar-refractivity contribution in [1.82, 2.24) is 19.9 Å². The van der Waals surface area contributed by atoms with Crippen LogP contribution in [0.3, 0.4) is 0 Å². The fourth-order valence-electron chi connectivity index (χ4n) is 5.25. The van der Waals surface area contributed by atoms with E-state index < -0.39 is 62.4 Å². The minimum absolute atomic E-state index is 0.0230. The van der Waals surface area contributed by atoms with Crippen LogP contribution < -0.4 is 19.5 Å². The van der Waals surface area contributed by atoms with Crippen LogP contribution in [0.2, 0.25) is 0 Å². The minimum atomic E-state index is -3.83. The zero-order valence-corrected chi connectivity index (χ0v) is 24.9. The lowest BCUT2D eigenvalue weighted by Crippen LogP contribution is -2.56. The van der Waals surface area contributed by atoms with Crippen LogP contribution in [0, 0.1) is 5.92 Å². The topological polar surface area (TPSA) is 153 Å². The Labute approximate surface area is 244 Å². The largest absolute Gasteiger partial charge is 0.496 e. The van der Waals surface area contributed by atoms with Crippen LogP contribution in [0.5, 0.6) is 11.6 Å². The van der Waals surface area contributed by atoms with E-state index in [-0.39, 0.29) is 19.4 Å². The lowest BCUT2D eigenvalue weighted by Gasteiger charge is -2.29. The molecule has 1 aliphatic heterocycles. The lowest BCUT2D eigenvalue weighted by molar-refractivity contribution is -0.131. The van der Waals surface area contributed by atoms with Gasteiger partial charge in [0.2, 0.25) is 21.8 Å². The second kappa shape index (κ2) is 10.8. The van der Waals surface area contributed by atoms with Gasteiger partial charge in [0, 0.05) is 29.3 Å². The molecule has 2 saturated carbocycles. The number of amides is 3. The number of hydrogen-bond acceptors (Lipinski definition) is 9. The summed E-state index contributed by atoms with van der Waals surface area (Å²) in [5.74, 6) is -0.933. The predicted molar refractivity (Wildman–Crippen MR) is 153 cm³/mol. The monoisotopic (exact) mass is 600 g/mol. The first-order chi connectivity index (χ1) is 19.8. The van der Waals surface area contributed by atoms with Crippen LogP contribution in [-0.2, 0) is 24.3 Å². The van der Waals surface area contributed by atoms with Gasteiger partial charge in [-0.3, -0.25) is 19.2 Å². The summed E-state index contributed by atoms with van der Waals surface area (Å²) in [5.41, 5.74) is -2.30. The molecule has 42 heavy (non-hydrogen) atoms. The summed E-state index contributed by atoms with van der Waals surface area (Å²) in [7, 11) is -2.26. The molecule has 1 aromatic carbocycles. The Kier molecular flexibility index (Phi) is 7.58. The highest BCUT2D eigenvalue weighted by molar-refractivity contribution is 7.91. The quantitative estimate of drug-likeness (QED) is 0.414. The molecule has 0 bridgehead atoms. The van der Waals surface area contributed by atoms with E-state index >= 15 is 0 Å². The van der Waals surface area contributed by atoms with Gasteiger partial charge in [-0.1, -0.05) is 12.1 Å². The molecular weight excluding hydrogens is 564 g/mol. The fourth-order valence-corrected chi connectivity index (χ4v) is 6.62. The molecule has 2 aromatic rings. The summed E-state index contributed by atoms with van der Waals surface area (Å²) in [6.45, 7) is 8.91. The number of carbonyl (C=O) groups is 3. The Hall–Kier alpha value is -3.87. The molecule has 3 amide bonds. The number of nitrogens with zero attached hydrogens (tertiary/aromatic N) is 2. The predicted octanol–water partition coefficient (Wildman–Crippen LogP) is 2.67. The molecule has 4 atom stereocenters. The van der Waals surface area contributed by atoms with E-state index in [1.165, 1.54) is 11.0 Å². The van der Waals surface area contributed by atoms with Crippen LogP contribution in [0.25, 0.3) is 10.8 Å². The number of pyridine rings is 1. The summed E-state index contributed by atoms with van der Waals surface area (Å²) in [6.07, 6.45) is 3.00. The van der Waals surface area contributed by atoms with Crippen molar-refractivity contribution < 1.29 is 37.0 Å². The maximum Gasteiger partial charge on any atom is 0.411 e. The third kappa shape index (κ3) is 5.87. The Morgan fingerprint density at radius 3 is 2.52 bits per heavy atom. The van der Waals surface area contributed by atoms with Gasteiger partial charge < -0.3 is 19.5 Å². The number of methoxy groups -OCH3 is 1. The van der Waals surface area contributed by atoms with Crippen molar-refractivity contribution in [1.29, 1.82) is 0 Å². The summed E-state index contributed by atoms with van der Waals surface area (Å²) < 4.78 is 44.3. The second-order valence-corrected chi connectivity index (χ2v) is 13.9. The standard InChI is InChI=1S/C29H36N4O8S/c1-6-17-15-29(17,26(35)32-42(37,38)19-10-11-19)31-24(34)22-14-18(16-33(22)27(36)41-28(2,3)4)40-25-21-8-7-9-23(39-5)20(21)12-13-30-25/h6-9,12-13,17-19,22H,1,10-11,14-16H2,2-5H3,(H,31,34)(H,32,35)/t17-,18?,22?,29-/m1/s1. The highest BCUT2D eigenvalue weighted by atomic mass is 32.2. The third-order valence-electron chi connectivity index (χ3n) is 7.67. The summed E-state index contributed by atoms with van der Waals surface area (Å²) in [4.78, 5) is 45.8. The number of sulfonamides is 1. The molecule has 2 aliphatic carbocycles. The van der Waals surface area contributed by atoms with Crippen molar-refractivity contribution in [2.24, 2.45) is 5.92 Å². The van der Waals surface area contributed by atoms with Crippen molar-refractivity contribution >= 4 is 38.7 Å². The summed E-state index contributed by atoms with van der Waals surface area (Å²) >= 11 is 0. The molecule has 12 nitrogen and oxygen atoms in total. The molecule has 3 aliphatic rings. The van der Waals surface area contributed by atoms with Gasteiger partial charge in [-0.2, -0.15) is 0 Å². The van der Waals surface area contributed by atoms with Gasteiger partial charge >= 0.3 is 6.09 Å². The van der Waals surface area contributed by atoms with Crippen LogP contribution in [0.15, 0.2) is 43.1 Å². The van der Waals surface area contributed by atoms with E-state index in [4.69, 9.17) is 14.2 Å². The van der Waals surface area contributed by atoms with Crippen molar-refractivity contribution in [3.05, 3.63) is 43.1 Å². The molecule has 0 radical (unpaired) electrons. The van der Waals surface area contributed by atoms with Gasteiger partial charge in [-0.25, -0.2) is 18.2 Å². The maximum absolute atomic E-state index is 13.7. The van der Waals surface area contributed by atoms with Crippen molar-refractivity contribution in [3.63, 3.8) is 0 Å². The summed E-state index contributed by atoms with van der Waals surface area (Å²) in [6, 6.07) is 6.23. The third-order valence-corrected chi connectivity index (χ3v) is 9.49. The Bertz CT molecular complexity index is 1530. The normalized spacial score (nSPS) is 25.4. The molecular formula is C29H36N4O8S. The van der Waals surface area contributed by atoms with Crippen LogP contribution >= 0.6 is 0 Å². The van der Waals surface area contributed by atoms with E-state index in [0.29, 0.717) is 29.9 Å². The minimum Gasteiger partial charge on any atom is -0.496 e. The Balaban J connectivity index is 1.38. The zero-order chi connectivity index (χ0) is 30.4. The molecule has 13 heteroatoms. The SMILES string of the molecule is C=C[C@@H]1C[C@]1(NC(=O)C1CC(Oc2nccc3c(OC)cccc23)CN1C(=O)OC(C)(C)C)C(=O)NS(=O)(=O)C1CC1. The number of likely N-dealkylation sites (tertiary alicyclic amines) is 1. The molecule has 3 fully saturated rings. The van der Waals surface area contributed by atoms with Gasteiger partial charge in [-0.05, 0) is 58.2 Å². The van der Waals surface area contributed by atoms with Crippen molar-refractivity contribution in [3.8, 4) is 11.6 Å². The van der Waals surface area contributed by atoms with E-state index in [0.717, 1.165) is 5.39 Å². The molecule has 2 unspecified atom stereocenters. The highest BCUT2D eigenvalue weighted by Gasteiger charge is 2.62. The van der Waals surface area contributed by atoms with Crippen molar-refractivity contribution in [2.45, 2.75) is 75.0 Å². The van der Waals surface area contributed by atoms with Crippen LogP contribution in [0.4, 0.5) is 4.79 Å². The lowest BCUT2D eigenvalue weighted by atomic mass is 10.1. The number of fused-ring (bicyclic) bond motifs is 1. The van der Waals surface area contributed by atoms with E-state index in [9.17, 15) is 22.8 Å². The number of benzene rings is 1. The van der Waals surface area contributed by atoms with E-state index in [1.54, 1.807) is 40.1 Å². The maximum atomic E-state index is 13.7. The number of rotatable bonds is 9. The van der Waals surface area contributed by atoms with Gasteiger partial charge in [0.25, 0.3) is 5.91 Å². The van der Waals surface area contributed by atoms with Gasteiger partial charge in [0.05, 0.1) is 18.9 Å². The van der Waals surface area contributed by atoms with Crippen LogP contribution in [0.1, 0.15) is 46.5 Å². The molecule has 226 valence electrons. The second-order valence-electron chi connectivity index (χ2n) is 12.0. The molecule has 2 N–H and O–H groups in total. The smallest absolute Gasteiger partial charge is 0.411 e. The number of ether oxygens (including phenoxy) is 3. The Morgan fingerprint density at radius 2 is 1.90 bits per heavy atom. The molecule has 1 saturated heterocycles.